The average Bonchev–Trinajstić information content (AvgIpc) is 2.90. The molecule has 0 bridgehead atoms. The molecule has 7 heteroatoms. The Bertz CT molecular complexity index is 662. The molecule has 0 aliphatic rings. The highest BCUT2D eigenvalue weighted by molar-refractivity contribution is 5.95. The molecular formula is C15H17N3O4. The first-order valence-electron chi connectivity index (χ1n) is 6.63. The fourth-order valence-electron chi connectivity index (χ4n) is 1.71. The second-order valence-electron chi connectivity index (χ2n) is 4.89. The van der Waals surface area contributed by atoms with Crippen LogP contribution in [0, 0.1) is 6.92 Å². The number of nitrogens with one attached hydrogen (secondary N) is 1. The van der Waals surface area contributed by atoms with Crippen LogP contribution < -0.4 is 10.2 Å². The lowest BCUT2D eigenvalue weighted by molar-refractivity contribution is -0.119. The summed E-state index contributed by atoms with van der Waals surface area (Å²) in [5.74, 6) is -0.175. The summed E-state index contributed by atoms with van der Waals surface area (Å²) < 4.78 is 9.76. The van der Waals surface area contributed by atoms with E-state index in [4.69, 9.17) is 9.26 Å². The number of ether oxygens (including phenoxy) is 1. The Kier molecular flexibility index (Phi) is 4.77. The Morgan fingerprint density at radius 1 is 1.27 bits per heavy atom. The molecule has 0 radical (unpaired) electrons. The van der Waals surface area contributed by atoms with Gasteiger partial charge in [-0.15, -0.1) is 0 Å². The lowest BCUT2D eigenvalue weighted by Gasteiger charge is -2.12. The van der Waals surface area contributed by atoms with E-state index in [1.165, 1.54) is 0 Å². The second kappa shape index (κ2) is 6.75. The molecule has 0 aliphatic carbocycles. The van der Waals surface area contributed by atoms with E-state index in [0.29, 0.717) is 11.3 Å². The third-order valence-electron chi connectivity index (χ3n) is 2.85. The summed E-state index contributed by atoms with van der Waals surface area (Å²) in [6.45, 7) is 1.32. The van der Waals surface area contributed by atoms with Crippen molar-refractivity contribution in [1.29, 1.82) is 0 Å². The molecule has 22 heavy (non-hydrogen) atoms. The number of amides is 1. The van der Waals surface area contributed by atoms with Crippen molar-refractivity contribution < 1.29 is 18.8 Å². The summed E-state index contributed by atoms with van der Waals surface area (Å²) in [7, 11) is 3.81. The van der Waals surface area contributed by atoms with E-state index in [2.05, 4.69) is 10.5 Å². The van der Waals surface area contributed by atoms with Crippen LogP contribution in [0.4, 0.5) is 11.5 Å². The van der Waals surface area contributed by atoms with E-state index in [-0.39, 0.29) is 12.4 Å². The molecule has 0 spiro atoms. The fourth-order valence-corrected chi connectivity index (χ4v) is 1.71. The summed E-state index contributed by atoms with van der Waals surface area (Å²) >= 11 is 0. The number of hydrogen-bond donors (Lipinski definition) is 1. The van der Waals surface area contributed by atoms with Crippen LogP contribution >= 0.6 is 0 Å². The summed E-state index contributed by atoms with van der Waals surface area (Å²) in [5, 5.41) is 6.08. The highest BCUT2D eigenvalue weighted by Crippen LogP contribution is 2.13. The number of rotatable bonds is 5. The van der Waals surface area contributed by atoms with E-state index in [1.54, 1.807) is 37.3 Å². The number of aromatic nitrogens is 1. The van der Waals surface area contributed by atoms with Gasteiger partial charge in [0.15, 0.2) is 12.4 Å². The zero-order chi connectivity index (χ0) is 16.1. The van der Waals surface area contributed by atoms with Crippen molar-refractivity contribution in [3.63, 3.8) is 0 Å². The van der Waals surface area contributed by atoms with E-state index >= 15 is 0 Å². The average molecular weight is 303 g/mol. The molecule has 0 saturated carbocycles. The van der Waals surface area contributed by atoms with Crippen molar-refractivity contribution >= 4 is 23.4 Å². The number of benzene rings is 1. The molecule has 1 N–H and O–H groups in total. The summed E-state index contributed by atoms with van der Waals surface area (Å²) in [4.78, 5) is 25.4. The van der Waals surface area contributed by atoms with Crippen LogP contribution in [0.2, 0.25) is 0 Å². The zero-order valence-electron chi connectivity index (χ0n) is 12.6. The summed E-state index contributed by atoms with van der Waals surface area (Å²) in [6, 6.07) is 8.47. The van der Waals surface area contributed by atoms with Crippen molar-refractivity contribution in [2.24, 2.45) is 0 Å². The first kappa shape index (κ1) is 15.6. The molecular weight excluding hydrogens is 286 g/mol. The van der Waals surface area contributed by atoms with Gasteiger partial charge in [-0.1, -0.05) is 5.16 Å². The molecule has 1 aromatic carbocycles. The number of carbonyl (C=O) groups is 2. The van der Waals surface area contributed by atoms with Gasteiger partial charge in [-0.2, -0.15) is 0 Å². The SMILES string of the molecule is Cc1cc(NC(=O)COC(=O)c2ccc(N(C)C)cc2)no1. The number of nitrogens with zero attached hydrogens (tertiary/aromatic N) is 2. The molecule has 2 aromatic rings. The smallest absolute Gasteiger partial charge is 0.338 e. The van der Waals surface area contributed by atoms with E-state index < -0.39 is 11.9 Å². The minimum Gasteiger partial charge on any atom is -0.452 e. The van der Waals surface area contributed by atoms with Gasteiger partial charge in [-0.05, 0) is 31.2 Å². The minimum atomic E-state index is -0.559. The zero-order valence-corrected chi connectivity index (χ0v) is 12.6. The van der Waals surface area contributed by atoms with Crippen LogP contribution in [-0.2, 0) is 9.53 Å². The van der Waals surface area contributed by atoms with E-state index in [9.17, 15) is 9.59 Å². The second-order valence-corrected chi connectivity index (χ2v) is 4.89. The van der Waals surface area contributed by atoms with Crippen LogP contribution in [0.3, 0.4) is 0 Å². The molecule has 0 saturated heterocycles. The van der Waals surface area contributed by atoms with Gasteiger partial charge in [-0.25, -0.2) is 4.79 Å². The molecule has 0 fully saturated rings. The Hall–Kier alpha value is -2.83. The fraction of sp³-hybridized carbons (Fsp3) is 0.267. The quantitative estimate of drug-likeness (QED) is 0.848. The lowest BCUT2D eigenvalue weighted by atomic mass is 10.2. The van der Waals surface area contributed by atoms with Crippen LogP contribution in [-0.4, -0.2) is 37.7 Å². The highest BCUT2D eigenvalue weighted by Gasteiger charge is 2.12. The monoisotopic (exact) mass is 303 g/mol. The van der Waals surface area contributed by atoms with Gasteiger partial charge in [0.25, 0.3) is 5.91 Å². The van der Waals surface area contributed by atoms with Gasteiger partial charge in [0.05, 0.1) is 5.56 Å². The van der Waals surface area contributed by atoms with Crippen LogP contribution in [0.25, 0.3) is 0 Å². The highest BCUT2D eigenvalue weighted by atomic mass is 16.5. The standard InChI is InChI=1S/C15H17N3O4/c1-10-8-13(17-22-10)16-14(19)9-21-15(20)11-4-6-12(7-5-11)18(2)3/h4-8H,9H2,1-3H3,(H,16,17,19). The molecule has 7 nitrogen and oxygen atoms in total. The molecule has 1 heterocycles. The van der Waals surface area contributed by atoms with Gasteiger partial charge in [-0.3, -0.25) is 4.79 Å². The van der Waals surface area contributed by atoms with Gasteiger partial charge >= 0.3 is 5.97 Å². The topological polar surface area (TPSA) is 84.7 Å². The Morgan fingerprint density at radius 3 is 2.50 bits per heavy atom. The maximum Gasteiger partial charge on any atom is 0.338 e. The van der Waals surface area contributed by atoms with Gasteiger partial charge in [0.1, 0.15) is 5.76 Å². The maximum absolute atomic E-state index is 11.8. The maximum atomic E-state index is 11.8. The van der Waals surface area contributed by atoms with Gasteiger partial charge < -0.3 is 19.5 Å². The predicted octanol–water partition coefficient (Wildman–Crippen LogP) is 1.84. The van der Waals surface area contributed by atoms with Gasteiger partial charge in [0, 0.05) is 25.8 Å². The normalized spacial score (nSPS) is 10.1. The molecule has 1 amide bonds. The number of aryl methyl sites for hydroxylation is 1. The molecule has 0 aliphatic heterocycles. The first-order valence-corrected chi connectivity index (χ1v) is 6.63. The number of anilines is 2. The first-order chi connectivity index (χ1) is 10.5. The van der Waals surface area contributed by atoms with Crippen LogP contribution in [0.15, 0.2) is 34.9 Å². The van der Waals surface area contributed by atoms with Crippen molar-refractivity contribution in [3.8, 4) is 0 Å². The largest absolute Gasteiger partial charge is 0.452 e. The van der Waals surface area contributed by atoms with E-state index in [1.807, 2.05) is 19.0 Å². The molecule has 2 rings (SSSR count). The lowest BCUT2D eigenvalue weighted by Crippen LogP contribution is -2.21. The number of carbonyl (C=O) groups excluding carboxylic acids is 2. The summed E-state index contributed by atoms with van der Waals surface area (Å²) in [6.07, 6.45) is 0. The minimum absolute atomic E-state index is 0.286. The number of hydrogen-bond acceptors (Lipinski definition) is 6. The summed E-state index contributed by atoms with van der Waals surface area (Å²) in [5.41, 5.74) is 1.35. The molecule has 0 unspecified atom stereocenters. The van der Waals surface area contributed by atoms with Crippen LogP contribution in [0.1, 0.15) is 16.1 Å². The van der Waals surface area contributed by atoms with Crippen molar-refractivity contribution in [1.82, 2.24) is 5.16 Å². The Morgan fingerprint density at radius 2 is 1.95 bits per heavy atom. The molecule has 0 atom stereocenters. The molecule has 116 valence electrons. The Balaban J connectivity index is 1.85. The Labute approximate surface area is 127 Å². The van der Waals surface area contributed by atoms with E-state index in [0.717, 1.165) is 5.69 Å². The van der Waals surface area contributed by atoms with Crippen LogP contribution in [0.5, 0.6) is 0 Å². The number of esters is 1. The third-order valence-corrected chi connectivity index (χ3v) is 2.85. The van der Waals surface area contributed by atoms with Crippen molar-refractivity contribution in [3.05, 3.63) is 41.7 Å². The predicted molar refractivity (Wildman–Crippen MR) is 80.9 cm³/mol. The van der Waals surface area contributed by atoms with Crippen molar-refractivity contribution in [2.45, 2.75) is 6.92 Å². The third kappa shape index (κ3) is 4.08. The van der Waals surface area contributed by atoms with Gasteiger partial charge in [0.2, 0.25) is 0 Å². The molecule has 1 aromatic heterocycles. The van der Waals surface area contributed by atoms with Crippen molar-refractivity contribution in [2.75, 3.05) is 30.9 Å².